The van der Waals surface area contributed by atoms with Crippen molar-refractivity contribution in [2.24, 2.45) is 0 Å². The lowest BCUT2D eigenvalue weighted by Crippen LogP contribution is -2.44. The van der Waals surface area contributed by atoms with Crippen molar-refractivity contribution in [3.8, 4) is 0 Å². The fourth-order valence-electron chi connectivity index (χ4n) is 2.73. The molecular weight excluding hydrogens is 292 g/mol. The number of ether oxygens (including phenoxy) is 1. The van der Waals surface area contributed by atoms with Gasteiger partial charge in [0, 0.05) is 6.20 Å². The molecule has 120 valence electrons. The van der Waals surface area contributed by atoms with E-state index in [0.717, 1.165) is 0 Å². The summed E-state index contributed by atoms with van der Waals surface area (Å²) in [6.45, 7) is 1.07. The van der Waals surface area contributed by atoms with E-state index in [1.54, 1.807) is 16.8 Å². The van der Waals surface area contributed by atoms with Crippen molar-refractivity contribution >= 4 is 16.9 Å². The van der Waals surface area contributed by atoms with Gasteiger partial charge in [0.25, 0.3) is 0 Å². The van der Waals surface area contributed by atoms with E-state index in [0.29, 0.717) is 16.9 Å². The highest BCUT2D eigenvalue weighted by Crippen LogP contribution is 2.39. The third-order valence-electron chi connectivity index (χ3n) is 3.90. The summed E-state index contributed by atoms with van der Waals surface area (Å²) in [5.74, 6) is 0.475. The van der Waals surface area contributed by atoms with Gasteiger partial charge in [0.05, 0.1) is 19.1 Å². The molecule has 3 rings (SSSR count). The predicted octanol–water partition coefficient (Wildman–Crippen LogP) is -0.594. The van der Waals surface area contributed by atoms with Gasteiger partial charge in [-0.15, -0.1) is 0 Å². The highest BCUT2D eigenvalue weighted by Gasteiger charge is 2.53. The summed E-state index contributed by atoms with van der Waals surface area (Å²) in [4.78, 5) is 13.1. The van der Waals surface area contributed by atoms with Crippen molar-refractivity contribution in [1.29, 1.82) is 0 Å². The molecule has 22 heavy (non-hydrogen) atoms. The molecule has 9 heteroatoms. The van der Waals surface area contributed by atoms with Gasteiger partial charge >= 0.3 is 0 Å². The largest absolute Gasteiger partial charge is 0.394 e. The molecule has 0 aliphatic carbocycles. The lowest BCUT2D eigenvalue weighted by molar-refractivity contribution is -0.0948. The second-order valence-corrected chi connectivity index (χ2v) is 5.37. The van der Waals surface area contributed by atoms with Gasteiger partial charge in [-0.3, -0.25) is 4.84 Å². The minimum Gasteiger partial charge on any atom is -0.394 e. The maximum absolute atomic E-state index is 10.5. The van der Waals surface area contributed by atoms with Crippen LogP contribution >= 0.6 is 0 Å². The van der Waals surface area contributed by atoms with Gasteiger partial charge in [0.1, 0.15) is 29.8 Å². The molecule has 2 aromatic rings. The van der Waals surface area contributed by atoms with Crippen molar-refractivity contribution in [3.63, 3.8) is 0 Å². The fraction of sp³-hybridized carbons (Fsp3) is 0.538. The number of aliphatic hydroxyl groups is 3. The first-order valence-corrected chi connectivity index (χ1v) is 6.78. The van der Waals surface area contributed by atoms with Gasteiger partial charge in [-0.25, -0.2) is 15.4 Å². The number of aromatic nitrogens is 3. The number of fused-ring (bicyclic) bond motifs is 1. The maximum Gasteiger partial charge on any atom is 0.167 e. The Bertz CT molecular complexity index is 673. The van der Waals surface area contributed by atoms with Crippen LogP contribution in [0.15, 0.2) is 18.6 Å². The number of aliphatic hydroxyl groups excluding tert-OH is 2. The molecule has 0 aromatic carbocycles. The summed E-state index contributed by atoms with van der Waals surface area (Å²) in [5, 5.41) is 30.5. The zero-order chi connectivity index (χ0) is 15.9. The molecule has 0 amide bonds. The summed E-state index contributed by atoms with van der Waals surface area (Å²) in [7, 11) is 1.47. The van der Waals surface area contributed by atoms with Gasteiger partial charge in [0.2, 0.25) is 0 Å². The Kier molecular flexibility index (Phi) is 3.75. The Balaban J connectivity index is 2.06. The van der Waals surface area contributed by atoms with Crippen molar-refractivity contribution in [3.05, 3.63) is 18.6 Å². The maximum atomic E-state index is 10.5. The summed E-state index contributed by atoms with van der Waals surface area (Å²) < 4.78 is 7.19. The van der Waals surface area contributed by atoms with Crippen LogP contribution in [0, 0.1) is 0 Å². The van der Waals surface area contributed by atoms with Crippen molar-refractivity contribution < 1.29 is 24.9 Å². The second kappa shape index (κ2) is 5.45. The van der Waals surface area contributed by atoms with Gasteiger partial charge in [-0.05, 0) is 13.0 Å². The fourth-order valence-corrected chi connectivity index (χ4v) is 2.73. The zero-order valence-corrected chi connectivity index (χ0v) is 12.2. The first kappa shape index (κ1) is 15.1. The van der Waals surface area contributed by atoms with Gasteiger partial charge in [-0.2, -0.15) is 0 Å². The molecule has 0 radical (unpaired) electrons. The van der Waals surface area contributed by atoms with E-state index < -0.39 is 30.6 Å². The van der Waals surface area contributed by atoms with Crippen LogP contribution in [-0.2, 0) is 9.57 Å². The highest BCUT2D eigenvalue weighted by molar-refractivity contribution is 5.87. The molecule has 0 saturated carbocycles. The molecule has 1 aliphatic rings. The summed E-state index contributed by atoms with van der Waals surface area (Å²) in [6.07, 6.45) is 0.0620. The summed E-state index contributed by atoms with van der Waals surface area (Å²) in [5.41, 5.74) is 1.58. The lowest BCUT2D eigenvalue weighted by atomic mass is 9.96. The molecule has 4 N–H and O–H groups in total. The smallest absolute Gasteiger partial charge is 0.167 e. The SMILES string of the molecule is CONc1ncnc2c1ccn2C1OC(CO)C(O)[C@@]1(C)O. The zero-order valence-electron chi connectivity index (χ0n) is 12.2. The van der Waals surface area contributed by atoms with Crippen LogP contribution in [0.25, 0.3) is 11.0 Å². The average Bonchev–Trinajstić information content (AvgIpc) is 3.01. The van der Waals surface area contributed by atoms with Gasteiger partial charge in [-0.1, -0.05) is 0 Å². The summed E-state index contributed by atoms with van der Waals surface area (Å²) >= 11 is 0. The average molecular weight is 310 g/mol. The molecule has 1 fully saturated rings. The minimum absolute atomic E-state index is 0.390. The molecule has 4 atom stereocenters. The number of anilines is 1. The van der Waals surface area contributed by atoms with Crippen LogP contribution in [0.1, 0.15) is 13.2 Å². The number of nitrogens with zero attached hydrogens (tertiary/aromatic N) is 3. The Labute approximate surface area is 126 Å². The van der Waals surface area contributed by atoms with E-state index in [2.05, 4.69) is 15.4 Å². The quantitative estimate of drug-likeness (QED) is 0.553. The number of nitrogens with one attached hydrogen (secondary N) is 1. The van der Waals surface area contributed by atoms with Gasteiger partial charge in [0.15, 0.2) is 12.0 Å². The van der Waals surface area contributed by atoms with Crippen LogP contribution in [0.4, 0.5) is 5.82 Å². The predicted molar refractivity (Wildman–Crippen MR) is 75.8 cm³/mol. The molecule has 3 unspecified atom stereocenters. The van der Waals surface area contributed by atoms with Crippen molar-refractivity contribution in [1.82, 2.24) is 14.5 Å². The van der Waals surface area contributed by atoms with Crippen LogP contribution in [0.2, 0.25) is 0 Å². The molecule has 0 spiro atoms. The van der Waals surface area contributed by atoms with Crippen molar-refractivity contribution in [2.75, 3.05) is 19.2 Å². The van der Waals surface area contributed by atoms with Crippen LogP contribution < -0.4 is 5.48 Å². The molecule has 1 saturated heterocycles. The first-order valence-electron chi connectivity index (χ1n) is 6.78. The topological polar surface area (TPSA) is 122 Å². The minimum atomic E-state index is -1.57. The third-order valence-corrected chi connectivity index (χ3v) is 3.90. The lowest BCUT2D eigenvalue weighted by Gasteiger charge is -2.27. The Morgan fingerprint density at radius 1 is 1.50 bits per heavy atom. The molecule has 9 nitrogen and oxygen atoms in total. The molecule has 2 aromatic heterocycles. The Morgan fingerprint density at radius 2 is 2.27 bits per heavy atom. The Morgan fingerprint density at radius 3 is 2.91 bits per heavy atom. The standard InChI is InChI=1S/C13H18N4O5/c1-13(20)9(19)8(5-18)22-12(13)17-4-3-7-10(16-21-2)14-6-15-11(7)17/h3-4,6,8-9,12,18-20H,5H2,1-2H3,(H,14,15,16)/t8?,9?,12?,13-/m1/s1. The van der Waals surface area contributed by atoms with Crippen LogP contribution in [0.3, 0.4) is 0 Å². The molecular formula is C13H18N4O5. The van der Waals surface area contributed by atoms with E-state index in [1.807, 2.05) is 0 Å². The van der Waals surface area contributed by atoms with Crippen molar-refractivity contribution in [2.45, 2.75) is 31.0 Å². The van der Waals surface area contributed by atoms with E-state index in [9.17, 15) is 15.3 Å². The number of hydrogen-bond donors (Lipinski definition) is 4. The molecule has 0 bridgehead atoms. The number of hydrogen-bond acceptors (Lipinski definition) is 8. The number of rotatable bonds is 4. The van der Waals surface area contributed by atoms with Crippen LogP contribution in [-0.4, -0.2) is 61.4 Å². The van der Waals surface area contributed by atoms with E-state index >= 15 is 0 Å². The third kappa shape index (κ3) is 2.14. The normalized spacial score (nSPS) is 31.8. The Hall–Kier alpha value is -1.78. The van der Waals surface area contributed by atoms with Crippen LogP contribution in [0.5, 0.6) is 0 Å². The molecule has 3 heterocycles. The molecule has 1 aliphatic heterocycles. The van der Waals surface area contributed by atoms with E-state index in [4.69, 9.17) is 9.57 Å². The monoisotopic (exact) mass is 310 g/mol. The first-order chi connectivity index (χ1) is 10.5. The van der Waals surface area contributed by atoms with Gasteiger partial charge < -0.3 is 24.6 Å². The highest BCUT2D eigenvalue weighted by atomic mass is 16.6. The summed E-state index contributed by atoms with van der Waals surface area (Å²) in [6, 6.07) is 1.74. The van der Waals surface area contributed by atoms with E-state index in [-0.39, 0.29) is 0 Å². The second-order valence-electron chi connectivity index (χ2n) is 5.37. The van der Waals surface area contributed by atoms with E-state index in [1.165, 1.54) is 20.4 Å².